The molecule has 1 aliphatic carbocycles. The maximum Gasteiger partial charge on any atom is 0.256 e. The van der Waals surface area contributed by atoms with Crippen molar-refractivity contribution in [3.8, 4) is 0 Å². The molecule has 3 aromatic rings. The van der Waals surface area contributed by atoms with Crippen molar-refractivity contribution in [1.29, 1.82) is 0 Å². The van der Waals surface area contributed by atoms with Crippen molar-refractivity contribution in [2.24, 2.45) is 0 Å². The fourth-order valence-corrected chi connectivity index (χ4v) is 6.89. The van der Waals surface area contributed by atoms with E-state index < -0.39 is 9.84 Å². The predicted molar refractivity (Wildman–Crippen MR) is 133 cm³/mol. The van der Waals surface area contributed by atoms with E-state index in [0.29, 0.717) is 53.3 Å². The lowest BCUT2D eigenvalue weighted by Gasteiger charge is -2.17. The number of aromatic nitrogens is 3. The van der Waals surface area contributed by atoms with E-state index in [9.17, 15) is 18.0 Å². The summed E-state index contributed by atoms with van der Waals surface area (Å²) in [6.07, 6.45) is 3.92. The van der Waals surface area contributed by atoms with Crippen molar-refractivity contribution in [2.75, 3.05) is 28.3 Å². The molecule has 1 aromatic carbocycles. The van der Waals surface area contributed by atoms with E-state index in [1.54, 1.807) is 9.58 Å². The van der Waals surface area contributed by atoms with Gasteiger partial charge in [0.1, 0.15) is 0 Å². The maximum absolute atomic E-state index is 13.6. The Kier molecular flexibility index (Phi) is 5.17. The van der Waals surface area contributed by atoms with Crippen LogP contribution in [0.5, 0.6) is 0 Å². The van der Waals surface area contributed by atoms with Gasteiger partial charge in [-0.1, -0.05) is 6.07 Å². The highest BCUT2D eigenvalue weighted by atomic mass is 32.2. The number of pyridine rings is 1. The van der Waals surface area contributed by atoms with Crippen LogP contribution in [-0.2, 0) is 14.6 Å². The van der Waals surface area contributed by atoms with E-state index in [2.05, 4.69) is 10.4 Å². The number of hydrogen-bond donors (Lipinski definition) is 1. The summed E-state index contributed by atoms with van der Waals surface area (Å²) in [5, 5.41) is 8.30. The molecular formula is C25H27N5O4S. The van der Waals surface area contributed by atoms with Crippen LogP contribution in [0, 0.1) is 6.92 Å². The number of hydrogen-bond acceptors (Lipinski definition) is 6. The van der Waals surface area contributed by atoms with Crippen LogP contribution in [0.2, 0.25) is 0 Å². The first-order valence-corrected chi connectivity index (χ1v) is 13.9. The Hall–Kier alpha value is -3.27. The minimum absolute atomic E-state index is 0.0437. The molecule has 4 heterocycles. The molecule has 3 aliphatic rings. The van der Waals surface area contributed by atoms with Gasteiger partial charge in [0.25, 0.3) is 5.91 Å². The molecule has 0 spiro atoms. The molecule has 0 unspecified atom stereocenters. The van der Waals surface area contributed by atoms with Crippen LogP contribution in [-0.4, -0.2) is 53.0 Å². The third kappa shape index (κ3) is 4.09. The van der Waals surface area contributed by atoms with E-state index in [0.717, 1.165) is 30.6 Å². The smallest absolute Gasteiger partial charge is 0.256 e. The van der Waals surface area contributed by atoms with Crippen LogP contribution < -0.4 is 10.2 Å². The van der Waals surface area contributed by atoms with Crippen molar-refractivity contribution >= 4 is 44.1 Å². The van der Waals surface area contributed by atoms with Crippen molar-refractivity contribution in [1.82, 2.24) is 14.8 Å². The SMILES string of the molecule is Cc1nn([C@H]2CCS(=O)(=O)C2)c2nc(C3CC3)cc(C(=O)Nc3cccc(N4CCCC4=O)c3)c12. The average Bonchev–Trinajstić information content (AvgIpc) is 3.37. The van der Waals surface area contributed by atoms with Crippen LogP contribution >= 0.6 is 0 Å². The highest BCUT2D eigenvalue weighted by Gasteiger charge is 2.34. The van der Waals surface area contributed by atoms with E-state index >= 15 is 0 Å². The summed E-state index contributed by atoms with van der Waals surface area (Å²) in [7, 11) is -3.10. The molecule has 2 aromatic heterocycles. The van der Waals surface area contributed by atoms with Gasteiger partial charge < -0.3 is 10.2 Å². The fraction of sp³-hybridized carbons (Fsp3) is 0.440. The molecule has 3 fully saturated rings. The molecule has 2 aliphatic heterocycles. The van der Waals surface area contributed by atoms with Gasteiger partial charge in [0.05, 0.1) is 34.2 Å². The number of amides is 2. The summed E-state index contributed by atoms with van der Waals surface area (Å²) < 4.78 is 25.9. The third-order valence-electron chi connectivity index (χ3n) is 7.14. The molecule has 35 heavy (non-hydrogen) atoms. The van der Waals surface area contributed by atoms with E-state index in [-0.39, 0.29) is 29.4 Å². The first-order chi connectivity index (χ1) is 16.8. The largest absolute Gasteiger partial charge is 0.322 e. The lowest BCUT2D eigenvalue weighted by atomic mass is 10.1. The molecule has 2 amide bonds. The van der Waals surface area contributed by atoms with Crippen molar-refractivity contribution in [2.45, 2.75) is 51.0 Å². The van der Waals surface area contributed by atoms with Crippen molar-refractivity contribution in [3.63, 3.8) is 0 Å². The van der Waals surface area contributed by atoms with Gasteiger partial charge in [0, 0.05) is 36.0 Å². The number of carbonyl (C=O) groups excluding carboxylic acids is 2. The Morgan fingerprint density at radius 2 is 2.00 bits per heavy atom. The standard InChI is InChI=1S/C25H27N5O4S/c1-15-23-20(25(32)26-17-4-2-5-18(12-17)29-10-3-6-22(29)31)13-21(16-7-8-16)27-24(23)30(28-15)19-9-11-35(33,34)14-19/h2,4-5,12-13,16,19H,3,6-11,14H2,1H3,(H,26,32)/t19-/m0/s1. The summed E-state index contributed by atoms with van der Waals surface area (Å²) in [4.78, 5) is 32.3. The molecule has 6 rings (SSSR count). The number of nitrogens with zero attached hydrogens (tertiary/aromatic N) is 4. The zero-order valence-electron chi connectivity index (χ0n) is 19.5. The quantitative estimate of drug-likeness (QED) is 0.583. The molecule has 10 heteroatoms. The first kappa shape index (κ1) is 22.2. The Labute approximate surface area is 203 Å². The Bertz CT molecular complexity index is 1470. The van der Waals surface area contributed by atoms with Gasteiger partial charge in [-0.3, -0.25) is 9.59 Å². The second-order valence-electron chi connectivity index (χ2n) is 9.81. The van der Waals surface area contributed by atoms with Crippen LogP contribution in [0.4, 0.5) is 11.4 Å². The minimum atomic E-state index is -3.10. The number of sulfone groups is 1. The van der Waals surface area contributed by atoms with Gasteiger partial charge in [-0.2, -0.15) is 5.10 Å². The highest BCUT2D eigenvalue weighted by Crippen LogP contribution is 2.41. The minimum Gasteiger partial charge on any atom is -0.322 e. The highest BCUT2D eigenvalue weighted by molar-refractivity contribution is 7.91. The summed E-state index contributed by atoms with van der Waals surface area (Å²) in [6.45, 7) is 2.51. The number of carbonyl (C=O) groups is 2. The molecular weight excluding hydrogens is 466 g/mol. The normalized spacial score (nSPS) is 21.7. The van der Waals surface area contributed by atoms with Crippen LogP contribution in [0.25, 0.3) is 11.0 Å². The number of anilines is 2. The zero-order valence-corrected chi connectivity index (χ0v) is 20.3. The van der Waals surface area contributed by atoms with Crippen LogP contribution in [0.1, 0.15) is 65.8 Å². The predicted octanol–water partition coefficient (Wildman–Crippen LogP) is 3.36. The molecule has 1 saturated carbocycles. The van der Waals surface area contributed by atoms with Crippen molar-refractivity contribution < 1.29 is 18.0 Å². The molecule has 182 valence electrons. The fourth-order valence-electron chi connectivity index (χ4n) is 5.19. The Morgan fingerprint density at radius 3 is 2.69 bits per heavy atom. The number of nitrogens with one attached hydrogen (secondary N) is 1. The summed E-state index contributed by atoms with van der Waals surface area (Å²) in [6, 6.07) is 8.91. The van der Waals surface area contributed by atoms with Gasteiger partial charge in [0.15, 0.2) is 15.5 Å². The molecule has 9 nitrogen and oxygen atoms in total. The monoisotopic (exact) mass is 493 g/mol. The molecule has 2 saturated heterocycles. The van der Waals surface area contributed by atoms with Crippen molar-refractivity contribution in [3.05, 3.63) is 47.3 Å². The number of fused-ring (bicyclic) bond motifs is 1. The zero-order chi connectivity index (χ0) is 24.3. The van der Waals surface area contributed by atoms with Gasteiger partial charge in [-0.15, -0.1) is 0 Å². The van der Waals surface area contributed by atoms with Gasteiger partial charge in [-0.25, -0.2) is 18.1 Å². The lowest BCUT2D eigenvalue weighted by Crippen LogP contribution is -2.23. The van der Waals surface area contributed by atoms with Crippen LogP contribution in [0.15, 0.2) is 30.3 Å². The number of benzene rings is 1. The van der Waals surface area contributed by atoms with E-state index in [4.69, 9.17) is 4.98 Å². The first-order valence-electron chi connectivity index (χ1n) is 12.1. The summed E-state index contributed by atoms with van der Waals surface area (Å²) in [5.74, 6) is 0.318. The molecule has 1 N–H and O–H groups in total. The van der Waals surface area contributed by atoms with Gasteiger partial charge >= 0.3 is 0 Å². The van der Waals surface area contributed by atoms with Crippen LogP contribution in [0.3, 0.4) is 0 Å². The van der Waals surface area contributed by atoms with Gasteiger partial charge in [-0.05, 0) is 56.9 Å². The Morgan fingerprint density at radius 1 is 1.17 bits per heavy atom. The Balaban J connectivity index is 1.38. The third-order valence-corrected chi connectivity index (χ3v) is 8.89. The van der Waals surface area contributed by atoms with E-state index in [1.807, 2.05) is 37.3 Å². The molecule has 0 radical (unpaired) electrons. The summed E-state index contributed by atoms with van der Waals surface area (Å²) >= 11 is 0. The van der Waals surface area contributed by atoms with E-state index in [1.165, 1.54) is 0 Å². The number of rotatable bonds is 5. The van der Waals surface area contributed by atoms with Gasteiger partial charge in [0.2, 0.25) is 5.91 Å². The topological polar surface area (TPSA) is 114 Å². The second kappa shape index (κ2) is 8.15. The maximum atomic E-state index is 13.6. The number of aryl methyl sites for hydroxylation is 1. The summed E-state index contributed by atoms with van der Waals surface area (Å²) in [5.41, 5.74) is 3.95. The molecule has 1 atom stereocenters. The lowest BCUT2D eigenvalue weighted by molar-refractivity contribution is -0.117. The second-order valence-corrected chi connectivity index (χ2v) is 12.0. The average molecular weight is 494 g/mol. The molecule has 0 bridgehead atoms.